The summed E-state index contributed by atoms with van der Waals surface area (Å²) >= 11 is 1.13. The molecule has 152 valence electrons. The number of nitrogens with one attached hydrogen (secondary N) is 1. The van der Waals surface area contributed by atoms with Crippen LogP contribution in [0, 0.1) is 4.78 Å². The molecule has 5 rings (SSSR count). The number of hydrogen-bond donors (Lipinski definition) is 2. The van der Waals surface area contributed by atoms with E-state index < -0.39 is 15.3 Å². The molecule has 1 aromatic carbocycles. The van der Waals surface area contributed by atoms with Gasteiger partial charge in [-0.15, -0.1) is 11.3 Å². The van der Waals surface area contributed by atoms with Crippen molar-refractivity contribution in [1.29, 1.82) is 4.78 Å². The Morgan fingerprint density at radius 3 is 2.38 bits per heavy atom. The number of thiazole rings is 1. The number of benzene rings is 1. The van der Waals surface area contributed by atoms with Crippen LogP contribution < -0.4 is 0 Å². The third kappa shape index (κ3) is 3.05. The number of hydrogen-bond acceptors (Lipinski definition) is 6. The van der Waals surface area contributed by atoms with Crippen molar-refractivity contribution in [1.82, 2.24) is 14.8 Å². The van der Waals surface area contributed by atoms with Gasteiger partial charge in [-0.1, -0.05) is 6.07 Å². The van der Waals surface area contributed by atoms with E-state index in [1.807, 2.05) is 4.68 Å². The zero-order valence-electron chi connectivity index (χ0n) is 16.6. The number of fused-ring (bicyclic) bond motifs is 2. The van der Waals surface area contributed by atoms with Crippen molar-refractivity contribution >= 4 is 21.1 Å². The first kappa shape index (κ1) is 19.0. The maximum atomic E-state index is 13.3. The van der Waals surface area contributed by atoms with E-state index in [1.54, 1.807) is 20.0 Å². The maximum Gasteiger partial charge on any atom is 0.194 e. The molecule has 3 aromatic rings. The van der Waals surface area contributed by atoms with Gasteiger partial charge in [0.1, 0.15) is 9.73 Å². The highest BCUT2D eigenvalue weighted by Gasteiger charge is 2.28. The number of rotatable bonds is 4. The van der Waals surface area contributed by atoms with Crippen LogP contribution in [-0.2, 0) is 41.0 Å². The van der Waals surface area contributed by atoms with Crippen molar-refractivity contribution in [3.05, 3.63) is 51.8 Å². The lowest BCUT2D eigenvalue weighted by atomic mass is 9.99. The maximum absolute atomic E-state index is 13.3. The summed E-state index contributed by atoms with van der Waals surface area (Å²) in [6, 6.07) is 2.37. The number of aryl methyl sites for hydroxylation is 2. The van der Waals surface area contributed by atoms with Crippen molar-refractivity contribution < 1.29 is 9.32 Å². The predicted octanol–water partition coefficient (Wildman–Crippen LogP) is 4.00. The summed E-state index contributed by atoms with van der Waals surface area (Å²) in [4.78, 5) is 5.14. The van der Waals surface area contributed by atoms with Crippen LogP contribution >= 0.6 is 11.3 Å². The molecule has 0 amide bonds. The minimum absolute atomic E-state index is 0.206. The summed E-state index contributed by atoms with van der Waals surface area (Å²) < 4.78 is 23.9. The van der Waals surface area contributed by atoms with Crippen molar-refractivity contribution in [2.75, 3.05) is 0 Å². The molecule has 2 aliphatic rings. The van der Waals surface area contributed by atoms with Gasteiger partial charge in [0, 0.05) is 12.4 Å². The average molecular weight is 429 g/mol. The molecule has 0 saturated carbocycles. The van der Waals surface area contributed by atoms with E-state index in [0.717, 1.165) is 55.5 Å². The SMILES string of the molecule is CC(C)(O)c1cnc(S(=N)(=O)c2cnn(-c3c4c(cc5c3CCC5)CCC4)c2)s1. The van der Waals surface area contributed by atoms with Crippen molar-refractivity contribution in [2.24, 2.45) is 0 Å². The number of aliphatic hydroxyl groups is 1. The van der Waals surface area contributed by atoms with Gasteiger partial charge in [0.15, 0.2) is 4.34 Å². The van der Waals surface area contributed by atoms with E-state index >= 15 is 0 Å². The number of aromatic nitrogens is 3. The fourth-order valence-corrected chi connectivity index (χ4v) is 6.94. The fourth-order valence-electron chi connectivity index (χ4n) is 4.41. The Balaban J connectivity index is 1.58. The Labute approximate surface area is 174 Å². The molecule has 1 unspecified atom stereocenters. The summed E-state index contributed by atoms with van der Waals surface area (Å²) in [6.07, 6.45) is 11.4. The summed E-state index contributed by atoms with van der Waals surface area (Å²) in [5, 5.41) is 14.7. The van der Waals surface area contributed by atoms with Crippen LogP contribution in [0.1, 0.15) is 53.8 Å². The van der Waals surface area contributed by atoms with Gasteiger partial charge in [0.2, 0.25) is 0 Å². The predicted molar refractivity (Wildman–Crippen MR) is 112 cm³/mol. The van der Waals surface area contributed by atoms with Gasteiger partial charge in [-0.3, -0.25) is 0 Å². The molecule has 0 spiro atoms. The molecule has 6 nitrogen and oxygen atoms in total. The molecule has 2 heterocycles. The second kappa shape index (κ2) is 6.48. The van der Waals surface area contributed by atoms with Gasteiger partial charge < -0.3 is 5.11 Å². The highest BCUT2D eigenvalue weighted by molar-refractivity contribution is 7.94. The van der Waals surface area contributed by atoms with Gasteiger partial charge in [-0.25, -0.2) is 18.7 Å². The topological polar surface area (TPSA) is 91.9 Å². The molecule has 2 aromatic heterocycles. The van der Waals surface area contributed by atoms with Gasteiger partial charge in [0.05, 0.1) is 27.3 Å². The summed E-state index contributed by atoms with van der Waals surface area (Å²) in [5.74, 6) is 0. The Hall–Kier alpha value is -2.03. The van der Waals surface area contributed by atoms with Crippen LogP contribution in [0.15, 0.2) is 33.9 Å². The smallest absolute Gasteiger partial charge is 0.194 e. The molecular formula is C21H24N4O2S2. The number of nitrogens with zero attached hydrogens (tertiary/aromatic N) is 3. The van der Waals surface area contributed by atoms with Crippen LogP contribution in [0.25, 0.3) is 5.69 Å². The molecule has 1 atom stereocenters. The normalized spacial score (nSPS) is 17.9. The molecule has 8 heteroatoms. The minimum atomic E-state index is -3.28. The third-order valence-corrected chi connectivity index (χ3v) is 9.43. The standard InChI is InChI=1S/C21H24N4O2S2/c1-21(2,26)18-11-23-20(28-18)29(22,27)15-10-24-25(12-15)19-16-7-3-5-13(16)9-14-6-4-8-17(14)19/h9-12,22,26H,3-8H2,1-2H3. The van der Waals surface area contributed by atoms with E-state index in [4.69, 9.17) is 4.78 Å². The van der Waals surface area contributed by atoms with E-state index in [-0.39, 0.29) is 4.34 Å². The molecule has 0 saturated heterocycles. The van der Waals surface area contributed by atoms with Crippen LogP contribution in [-0.4, -0.2) is 24.1 Å². The van der Waals surface area contributed by atoms with Gasteiger partial charge in [-0.05, 0) is 74.6 Å². The van der Waals surface area contributed by atoms with Crippen LogP contribution in [0.5, 0.6) is 0 Å². The Morgan fingerprint density at radius 1 is 1.14 bits per heavy atom. The monoisotopic (exact) mass is 428 g/mol. The van der Waals surface area contributed by atoms with Crippen LogP contribution in [0.2, 0.25) is 0 Å². The largest absolute Gasteiger partial charge is 0.385 e. The minimum Gasteiger partial charge on any atom is -0.385 e. The van der Waals surface area contributed by atoms with E-state index in [2.05, 4.69) is 16.1 Å². The lowest BCUT2D eigenvalue weighted by Crippen LogP contribution is -2.12. The lowest BCUT2D eigenvalue weighted by molar-refractivity contribution is 0.0823. The molecule has 29 heavy (non-hydrogen) atoms. The first-order chi connectivity index (χ1) is 13.7. The van der Waals surface area contributed by atoms with Gasteiger partial charge in [0.25, 0.3) is 0 Å². The van der Waals surface area contributed by atoms with Crippen molar-refractivity contribution in [2.45, 2.75) is 67.2 Å². The van der Waals surface area contributed by atoms with Crippen LogP contribution in [0.3, 0.4) is 0 Å². The molecule has 0 aliphatic heterocycles. The van der Waals surface area contributed by atoms with E-state index in [0.29, 0.717) is 9.77 Å². The quantitative estimate of drug-likeness (QED) is 0.657. The second-order valence-corrected chi connectivity index (χ2v) is 11.7. The first-order valence-electron chi connectivity index (χ1n) is 9.94. The van der Waals surface area contributed by atoms with E-state index in [1.165, 1.54) is 34.6 Å². The summed E-state index contributed by atoms with van der Waals surface area (Å²) in [6.45, 7) is 3.31. The van der Waals surface area contributed by atoms with Crippen LogP contribution in [0.4, 0.5) is 0 Å². The third-order valence-electron chi connectivity index (χ3n) is 5.89. The highest BCUT2D eigenvalue weighted by Crippen LogP contribution is 2.38. The average Bonchev–Trinajstić information content (AvgIpc) is 3.45. The fraction of sp³-hybridized carbons (Fsp3) is 0.429. The molecular weight excluding hydrogens is 404 g/mol. The summed E-state index contributed by atoms with van der Waals surface area (Å²) in [7, 11) is -3.28. The zero-order chi connectivity index (χ0) is 20.4. The highest BCUT2D eigenvalue weighted by atomic mass is 32.2. The van der Waals surface area contributed by atoms with Gasteiger partial charge in [-0.2, -0.15) is 5.10 Å². The van der Waals surface area contributed by atoms with Crippen molar-refractivity contribution in [3.8, 4) is 5.69 Å². The molecule has 0 fully saturated rings. The summed E-state index contributed by atoms with van der Waals surface area (Å²) in [5.41, 5.74) is 5.62. The van der Waals surface area contributed by atoms with E-state index in [9.17, 15) is 9.32 Å². The molecule has 0 bridgehead atoms. The van der Waals surface area contributed by atoms with Gasteiger partial charge >= 0.3 is 0 Å². The molecule has 2 aliphatic carbocycles. The lowest BCUT2D eigenvalue weighted by Gasteiger charge is -2.15. The zero-order valence-corrected chi connectivity index (χ0v) is 18.2. The molecule has 0 radical (unpaired) electrons. The Kier molecular flexibility index (Phi) is 4.24. The first-order valence-corrected chi connectivity index (χ1v) is 12.3. The van der Waals surface area contributed by atoms with Crippen molar-refractivity contribution in [3.63, 3.8) is 0 Å². The molecule has 2 N–H and O–H groups in total. The Morgan fingerprint density at radius 2 is 1.79 bits per heavy atom. The Bertz CT molecular complexity index is 1180. The second-order valence-electron chi connectivity index (χ2n) is 8.43.